The van der Waals surface area contributed by atoms with Gasteiger partial charge in [0.1, 0.15) is 0 Å². The van der Waals surface area contributed by atoms with Crippen LogP contribution in [0.3, 0.4) is 0 Å². The van der Waals surface area contributed by atoms with Crippen LogP contribution in [0.5, 0.6) is 0 Å². The molecule has 2 aliphatic carbocycles. The van der Waals surface area contributed by atoms with Crippen molar-refractivity contribution in [1.29, 1.82) is 0 Å². The van der Waals surface area contributed by atoms with E-state index in [2.05, 4.69) is 173 Å². The van der Waals surface area contributed by atoms with Crippen molar-refractivity contribution in [3.8, 4) is 22.3 Å². The number of rotatable bonds is 8. The van der Waals surface area contributed by atoms with Gasteiger partial charge in [0.05, 0.1) is 0 Å². The molecular weight excluding hydrogens is 935 g/mol. The molecule has 0 nitrogen and oxygen atoms in total. The van der Waals surface area contributed by atoms with Gasteiger partial charge in [-0.05, 0) is 82.0 Å². The summed E-state index contributed by atoms with van der Waals surface area (Å²) in [4.78, 5) is 0. The van der Waals surface area contributed by atoms with Gasteiger partial charge in [-0.15, -0.1) is 69.1 Å². The van der Waals surface area contributed by atoms with Gasteiger partial charge in [0, 0.05) is 0 Å². The van der Waals surface area contributed by atoms with E-state index in [0.29, 0.717) is 10.8 Å². The fourth-order valence-corrected chi connectivity index (χ4v) is 11.7. The summed E-state index contributed by atoms with van der Waals surface area (Å²) < 4.78 is 0. The second-order valence-electron chi connectivity index (χ2n) is 20.0. The van der Waals surface area contributed by atoms with E-state index in [1.165, 1.54) is 181 Å². The van der Waals surface area contributed by atoms with Crippen molar-refractivity contribution in [2.45, 2.75) is 143 Å². The molecule has 4 heteroatoms. The van der Waals surface area contributed by atoms with Crippen molar-refractivity contribution >= 4 is 48.5 Å². The quantitative estimate of drug-likeness (QED) is 0.105. The normalized spacial score (nSPS) is 16.0. The third-order valence-corrected chi connectivity index (χ3v) is 15.3. The Labute approximate surface area is 425 Å². The molecular formula is C62H72Cl2SiZr-2. The van der Waals surface area contributed by atoms with Crippen molar-refractivity contribution in [1.82, 2.24) is 0 Å². The average molecular weight is 1010 g/mol. The summed E-state index contributed by atoms with van der Waals surface area (Å²) in [5.41, 5.74) is 9.76. The molecule has 0 bridgehead atoms. The fraction of sp³-hybridized carbons (Fsp3) is 0.387. The second kappa shape index (κ2) is 24.9. The zero-order valence-electron chi connectivity index (χ0n) is 40.3. The van der Waals surface area contributed by atoms with E-state index in [1.807, 2.05) is 0 Å². The van der Waals surface area contributed by atoms with Gasteiger partial charge in [0.2, 0.25) is 0 Å². The fourth-order valence-electron chi connectivity index (χ4n) is 11.7. The Balaban J connectivity index is 0.000000196. The number of hydrogen-bond donors (Lipinski definition) is 0. The molecule has 2 saturated carbocycles. The Kier molecular flexibility index (Phi) is 19.6. The smallest absolute Gasteiger partial charge is 1.00 e. The summed E-state index contributed by atoms with van der Waals surface area (Å²) in [6.07, 6.45) is 25.0. The first-order valence-corrected chi connectivity index (χ1v) is 31.3. The van der Waals surface area contributed by atoms with Crippen LogP contribution in [0.25, 0.3) is 65.3 Å². The molecule has 2 aliphatic rings. The molecule has 0 aromatic heterocycles. The minimum Gasteiger partial charge on any atom is -1.00 e. The Morgan fingerprint density at radius 3 is 1.09 bits per heavy atom. The molecule has 66 heavy (non-hydrogen) atoms. The van der Waals surface area contributed by atoms with Crippen LogP contribution < -0.4 is 24.8 Å². The van der Waals surface area contributed by atoms with Gasteiger partial charge in [-0.25, -0.2) is 0 Å². The molecule has 0 heterocycles. The molecule has 0 radical (unpaired) electrons. The summed E-state index contributed by atoms with van der Waals surface area (Å²) in [6, 6.07) is 54.5. The molecule has 0 aliphatic heterocycles. The average Bonchev–Trinajstić information content (AvgIpc) is 3.91. The molecule has 0 saturated heterocycles. The SMILES string of the molecule is CCC1(Cc2cc3c(-c4cccc5ccccc45)cccc3[cH-]2)CCCCCCC1.CCC1(Cc2cc3c(-c4cccc5ccccc45)cccc3[cH-]2)CCCCCCC1.C[Si](C)=[Zr+2].[Cl-].[Cl-]. The summed E-state index contributed by atoms with van der Waals surface area (Å²) in [6.45, 7) is 9.46. The van der Waals surface area contributed by atoms with Crippen molar-refractivity contribution in [3.63, 3.8) is 0 Å². The van der Waals surface area contributed by atoms with E-state index in [9.17, 15) is 0 Å². The van der Waals surface area contributed by atoms with Gasteiger partial charge in [-0.3, -0.25) is 0 Å². The largest absolute Gasteiger partial charge is 1.00 e. The van der Waals surface area contributed by atoms with E-state index in [0.717, 1.165) is 0 Å². The van der Waals surface area contributed by atoms with Gasteiger partial charge >= 0.3 is 41.9 Å². The minimum atomic E-state index is 0. The number of fused-ring (bicyclic) bond motifs is 4. The zero-order chi connectivity index (χ0) is 44.4. The first kappa shape index (κ1) is 52.1. The van der Waals surface area contributed by atoms with Crippen LogP contribution in [0, 0.1) is 10.8 Å². The predicted octanol–water partition coefficient (Wildman–Crippen LogP) is 12.9. The molecule has 344 valence electrons. The van der Waals surface area contributed by atoms with Crippen LogP contribution in [0.15, 0.2) is 146 Å². The van der Waals surface area contributed by atoms with Gasteiger partial charge in [0.15, 0.2) is 0 Å². The molecule has 10 rings (SSSR count). The van der Waals surface area contributed by atoms with Crippen molar-refractivity contribution in [2.24, 2.45) is 10.8 Å². The molecule has 0 atom stereocenters. The van der Waals surface area contributed by atoms with Crippen LogP contribution in [-0.4, -0.2) is 5.43 Å². The maximum Gasteiger partial charge on any atom is -1.00 e. The van der Waals surface area contributed by atoms with Crippen LogP contribution in [0.2, 0.25) is 13.1 Å². The van der Waals surface area contributed by atoms with E-state index in [-0.39, 0.29) is 30.2 Å². The van der Waals surface area contributed by atoms with E-state index < -0.39 is 0 Å². The van der Waals surface area contributed by atoms with Crippen molar-refractivity contribution < 1.29 is 48.1 Å². The molecule has 0 amide bonds. The van der Waals surface area contributed by atoms with Crippen molar-refractivity contribution in [2.75, 3.05) is 0 Å². The Morgan fingerprint density at radius 2 is 0.727 bits per heavy atom. The standard InChI is InChI=1S/2C30H33.C2H6Si.2ClH.Zr/c2*1-2-30(18-8-4-3-5-9-19-30)22-23-20-25-14-11-17-28(29(25)21-23)27-16-10-13-24-12-6-7-15-26(24)27;1-3-2;;;/h2*6-7,10-17,20-21H,2-5,8-9,18-19,22H2,1H3;1-2H3;2*1H;/q2*-1;;;;+2/p-2. The topological polar surface area (TPSA) is 0 Å². The monoisotopic (exact) mass is 1000 g/mol. The molecule has 0 spiro atoms. The van der Waals surface area contributed by atoms with E-state index in [1.54, 1.807) is 34.5 Å². The number of hydrogen-bond acceptors (Lipinski definition) is 0. The van der Waals surface area contributed by atoms with Gasteiger partial charge in [-0.2, -0.15) is 12.1 Å². The van der Waals surface area contributed by atoms with Gasteiger partial charge in [-0.1, -0.05) is 199 Å². The third kappa shape index (κ3) is 12.7. The summed E-state index contributed by atoms with van der Waals surface area (Å²) >= 11 is 1.74. The first-order valence-electron chi connectivity index (χ1n) is 25.1. The maximum absolute atomic E-state index is 2.50. The zero-order valence-corrected chi connectivity index (χ0v) is 45.3. The Morgan fingerprint density at radius 1 is 0.424 bits per heavy atom. The number of benzene rings is 6. The molecule has 8 aromatic carbocycles. The Bertz CT molecular complexity index is 2570. The summed E-state index contributed by atoms with van der Waals surface area (Å²) in [5, 5.41) is 11.0. The van der Waals surface area contributed by atoms with Gasteiger partial charge < -0.3 is 24.8 Å². The third-order valence-electron chi connectivity index (χ3n) is 15.3. The van der Waals surface area contributed by atoms with Crippen LogP contribution in [-0.2, 0) is 36.2 Å². The molecule has 0 N–H and O–H groups in total. The minimum absolute atomic E-state index is 0. The van der Waals surface area contributed by atoms with Crippen LogP contribution >= 0.6 is 0 Å². The predicted molar refractivity (Wildman–Crippen MR) is 280 cm³/mol. The van der Waals surface area contributed by atoms with E-state index >= 15 is 0 Å². The van der Waals surface area contributed by atoms with Crippen molar-refractivity contribution in [3.05, 3.63) is 157 Å². The molecule has 0 unspecified atom stereocenters. The summed E-state index contributed by atoms with van der Waals surface area (Å²) in [5.74, 6) is 0. The number of halogens is 2. The Hall–Kier alpha value is -3.26. The van der Waals surface area contributed by atoms with Crippen LogP contribution in [0.4, 0.5) is 0 Å². The van der Waals surface area contributed by atoms with Crippen LogP contribution in [0.1, 0.15) is 128 Å². The van der Waals surface area contributed by atoms with Gasteiger partial charge in [0.25, 0.3) is 0 Å². The molecule has 8 aromatic rings. The molecule has 2 fully saturated rings. The summed E-state index contributed by atoms with van der Waals surface area (Å²) in [7, 11) is 0. The maximum atomic E-state index is 2.50. The van der Waals surface area contributed by atoms with E-state index in [4.69, 9.17) is 0 Å². The first-order chi connectivity index (χ1) is 31.3. The second-order valence-corrected chi connectivity index (χ2v) is 29.4.